The zero-order valence-electron chi connectivity index (χ0n) is 8.46. The largest absolute Gasteiger partial charge is 0.495 e. The first kappa shape index (κ1) is 11.3. The van der Waals surface area contributed by atoms with Crippen LogP contribution in [0, 0.1) is 0 Å². The molecule has 0 fully saturated rings. The van der Waals surface area contributed by atoms with Crippen LogP contribution in [0.4, 0.5) is 0 Å². The second-order valence-electron chi connectivity index (χ2n) is 3.32. The highest BCUT2D eigenvalue weighted by atomic mass is 35.5. The Hall–Kier alpha value is -0.730. The maximum absolute atomic E-state index is 9.17. The van der Waals surface area contributed by atoms with Gasteiger partial charge in [0, 0.05) is 0 Å². The van der Waals surface area contributed by atoms with E-state index in [-0.39, 0.29) is 6.10 Å². The summed E-state index contributed by atoms with van der Waals surface area (Å²) in [7, 11) is 1.60. The molecule has 0 aliphatic carbocycles. The van der Waals surface area contributed by atoms with Crippen molar-refractivity contribution in [1.29, 1.82) is 0 Å². The molecule has 2 nitrogen and oxygen atoms in total. The first-order valence-corrected chi connectivity index (χ1v) is 5.02. The summed E-state index contributed by atoms with van der Waals surface area (Å²) in [5.41, 5.74) is 1.04. The van der Waals surface area contributed by atoms with Crippen molar-refractivity contribution < 1.29 is 9.84 Å². The van der Waals surface area contributed by atoms with Gasteiger partial charge in [0.25, 0.3) is 0 Å². The van der Waals surface area contributed by atoms with Crippen molar-refractivity contribution in [3.05, 3.63) is 28.8 Å². The molecule has 0 aromatic heterocycles. The van der Waals surface area contributed by atoms with Crippen molar-refractivity contribution in [2.24, 2.45) is 0 Å². The van der Waals surface area contributed by atoms with Crippen LogP contribution in [0.1, 0.15) is 18.9 Å². The van der Waals surface area contributed by atoms with Crippen LogP contribution in [-0.2, 0) is 6.42 Å². The van der Waals surface area contributed by atoms with E-state index in [9.17, 15) is 5.11 Å². The number of hydrogen-bond donors (Lipinski definition) is 1. The molecular formula is C11H15ClO2. The van der Waals surface area contributed by atoms with E-state index >= 15 is 0 Å². The highest BCUT2D eigenvalue weighted by Gasteiger charge is 2.07. The molecule has 1 atom stereocenters. The van der Waals surface area contributed by atoms with Gasteiger partial charge in [-0.1, -0.05) is 23.7 Å². The predicted octanol–water partition coefficient (Wildman–Crippen LogP) is 2.66. The summed E-state index contributed by atoms with van der Waals surface area (Å²) in [6.07, 6.45) is 1.21. The fourth-order valence-electron chi connectivity index (χ4n) is 1.34. The molecule has 0 bridgehead atoms. The molecule has 0 amide bonds. The maximum Gasteiger partial charge on any atom is 0.140 e. The molecule has 0 saturated heterocycles. The second kappa shape index (κ2) is 5.23. The fourth-order valence-corrected chi connectivity index (χ4v) is 1.61. The van der Waals surface area contributed by atoms with Gasteiger partial charge in [-0.3, -0.25) is 0 Å². The van der Waals surface area contributed by atoms with E-state index in [4.69, 9.17) is 16.3 Å². The first-order valence-electron chi connectivity index (χ1n) is 4.64. The van der Waals surface area contributed by atoms with Gasteiger partial charge in [-0.2, -0.15) is 0 Å². The van der Waals surface area contributed by atoms with Gasteiger partial charge in [0.1, 0.15) is 5.75 Å². The molecule has 0 radical (unpaired) electrons. The number of halogens is 1. The SMILES string of the molecule is COc1c(Cl)cccc1CC[C@H](C)O. The molecule has 0 aliphatic rings. The minimum atomic E-state index is -0.293. The van der Waals surface area contributed by atoms with Gasteiger partial charge in [-0.05, 0) is 31.4 Å². The number of benzene rings is 1. The third-order valence-corrected chi connectivity index (χ3v) is 2.38. The Morgan fingerprint density at radius 1 is 1.50 bits per heavy atom. The number of aliphatic hydroxyl groups is 1. The number of rotatable bonds is 4. The van der Waals surface area contributed by atoms with Gasteiger partial charge < -0.3 is 9.84 Å². The monoisotopic (exact) mass is 214 g/mol. The van der Waals surface area contributed by atoms with E-state index in [2.05, 4.69) is 0 Å². The summed E-state index contributed by atoms with van der Waals surface area (Å²) in [4.78, 5) is 0. The maximum atomic E-state index is 9.17. The van der Waals surface area contributed by atoms with Crippen LogP contribution < -0.4 is 4.74 Å². The molecule has 78 valence electrons. The Balaban J connectivity index is 2.80. The molecule has 0 heterocycles. The number of para-hydroxylation sites is 1. The zero-order chi connectivity index (χ0) is 10.6. The van der Waals surface area contributed by atoms with Crippen LogP contribution in [0.15, 0.2) is 18.2 Å². The average Bonchev–Trinajstić information content (AvgIpc) is 2.14. The van der Waals surface area contributed by atoms with Crippen LogP contribution in [0.3, 0.4) is 0 Å². The lowest BCUT2D eigenvalue weighted by Gasteiger charge is -2.10. The van der Waals surface area contributed by atoms with Gasteiger partial charge in [0.2, 0.25) is 0 Å². The van der Waals surface area contributed by atoms with Crippen LogP contribution in [0.25, 0.3) is 0 Å². The lowest BCUT2D eigenvalue weighted by Crippen LogP contribution is -2.02. The molecule has 1 rings (SSSR count). The van der Waals surface area contributed by atoms with Gasteiger partial charge in [-0.25, -0.2) is 0 Å². The molecule has 0 aliphatic heterocycles. The number of hydrogen-bond acceptors (Lipinski definition) is 2. The highest BCUT2D eigenvalue weighted by Crippen LogP contribution is 2.29. The van der Waals surface area contributed by atoms with E-state index in [0.717, 1.165) is 24.2 Å². The van der Waals surface area contributed by atoms with Crippen molar-refractivity contribution in [2.75, 3.05) is 7.11 Å². The van der Waals surface area contributed by atoms with Gasteiger partial charge in [-0.15, -0.1) is 0 Å². The summed E-state index contributed by atoms with van der Waals surface area (Å²) in [5, 5.41) is 9.79. The minimum absolute atomic E-state index is 0.293. The zero-order valence-corrected chi connectivity index (χ0v) is 9.21. The molecule has 0 saturated carbocycles. The molecule has 1 aromatic carbocycles. The summed E-state index contributed by atoms with van der Waals surface area (Å²) < 4.78 is 5.19. The fraction of sp³-hybridized carbons (Fsp3) is 0.455. The van der Waals surface area contributed by atoms with E-state index in [1.807, 2.05) is 12.1 Å². The van der Waals surface area contributed by atoms with Crippen LogP contribution in [0.2, 0.25) is 5.02 Å². The molecule has 14 heavy (non-hydrogen) atoms. The Labute approximate surface area is 89.5 Å². The molecule has 0 spiro atoms. The topological polar surface area (TPSA) is 29.5 Å². The summed E-state index contributed by atoms with van der Waals surface area (Å²) >= 11 is 5.96. The molecule has 0 unspecified atom stereocenters. The minimum Gasteiger partial charge on any atom is -0.495 e. The van der Waals surface area contributed by atoms with Gasteiger partial charge >= 0.3 is 0 Å². The third-order valence-electron chi connectivity index (χ3n) is 2.08. The molecule has 1 N–H and O–H groups in total. The molecule has 1 aromatic rings. The van der Waals surface area contributed by atoms with E-state index in [1.54, 1.807) is 20.1 Å². The lowest BCUT2D eigenvalue weighted by atomic mass is 10.1. The van der Waals surface area contributed by atoms with Crippen molar-refractivity contribution in [3.8, 4) is 5.75 Å². The van der Waals surface area contributed by atoms with Crippen LogP contribution >= 0.6 is 11.6 Å². The summed E-state index contributed by atoms with van der Waals surface area (Å²) in [6, 6.07) is 5.65. The number of methoxy groups -OCH3 is 1. The summed E-state index contributed by atoms with van der Waals surface area (Å²) in [5.74, 6) is 0.717. The van der Waals surface area contributed by atoms with Crippen molar-refractivity contribution in [1.82, 2.24) is 0 Å². The van der Waals surface area contributed by atoms with Gasteiger partial charge in [0.05, 0.1) is 18.2 Å². The Morgan fingerprint density at radius 2 is 2.21 bits per heavy atom. The van der Waals surface area contributed by atoms with Crippen molar-refractivity contribution >= 4 is 11.6 Å². The smallest absolute Gasteiger partial charge is 0.140 e. The second-order valence-corrected chi connectivity index (χ2v) is 3.73. The van der Waals surface area contributed by atoms with Crippen molar-refractivity contribution in [3.63, 3.8) is 0 Å². The number of aliphatic hydroxyl groups excluding tert-OH is 1. The molecular weight excluding hydrogens is 200 g/mol. The Bertz CT molecular complexity index is 297. The van der Waals surface area contributed by atoms with Crippen LogP contribution in [-0.4, -0.2) is 18.3 Å². The van der Waals surface area contributed by atoms with E-state index in [1.165, 1.54) is 0 Å². The Morgan fingerprint density at radius 3 is 2.79 bits per heavy atom. The normalized spacial score (nSPS) is 12.6. The van der Waals surface area contributed by atoms with E-state index in [0.29, 0.717) is 5.02 Å². The first-order chi connectivity index (χ1) is 6.65. The third kappa shape index (κ3) is 2.89. The van der Waals surface area contributed by atoms with Crippen molar-refractivity contribution in [2.45, 2.75) is 25.9 Å². The average molecular weight is 215 g/mol. The molecule has 3 heteroatoms. The van der Waals surface area contributed by atoms with E-state index < -0.39 is 0 Å². The standard InChI is InChI=1S/C11H15ClO2/c1-8(13)6-7-9-4-3-5-10(12)11(9)14-2/h3-5,8,13H,6-7H2,1-2H3/t8-/m0/s1. The number of ether oxygens (including phenoxy) is 1. The predicted molar refractivity (Wildman–Crippen MR) is 58.0 cm³/mol. The van der Waals surface area contributed by atoms with Crippen LogP contribution in [0.5, 0.6) is 5.75 Å². The Kier molecular flexibility index (Phi) is 4.23. The lowest BCUT2D eigenvalue weighted by molar-refractivity contribution is 0.184. The quantitative estimate of drug-likeness (QED) is 0.835. The number of aryl methyl sites for hydroxylation is 1. The van der Waals surface area contributed by atoms with Gasteiger partial charge in [0.15, 0.2) is 0 Å². The summed E-state index contributed by atoms with van der Waals surface area (Å²) in [6.45, 7) is 1.77. The highest BCUT2D eigenvalue weighted by molar-refractivity contribution is 6.32.